The van der Waals surface area contributed by atoms with Crippen molar-refractivity contribution in [3.8, 4) is 23.0 Å². The van der Waals surface area contributed by atoms with Gasteiger partial charge in [-0.2, -0.15) is 0 Å². The van der Waals surface area contributed by atoms with Gasteiger partial charge in [-0.05, 0) is 63.4 Å². The quantitative estimate of drug-likeness (QED) is 0.0789. The number of carbonyl (C=O) groups is 3. The lowest BCUT2D eigenvalue weighted by atomic mass is 9.91. The van der Waals surface area contributed by atoms with E-state index in [4.69, 9.17) is 9.47 Å². The molecule has 0 radical (unpaired) electrons. The number of nitrogens with one attached hydrogen (secondary N) is 1. The Labute approximate surface area is 320 Å². The highest BCUT2D eigenvalue weighted by Gasteiger charge is 2.39. The van der Waals surface area contributed by atoms with Gasteiger partial charge in [-0.15, -0.1) is 0 Å². The molecule has 57 heavy (non-hydrogen) atoms. The van der Waals surface area contributed by atoms with Crippen molar-refractivity contribution in [3.63, 3.8) is 0 Å². The Morgan fingerprint density at radius 3 is 1.96 bits per heavy atom. The number of phenols is 3. The zero-order chi connectivity index (χ0) is 41.5. The highest BCUT2D eigenvalue weighted by atomic mass is 16.5. The lowest BCUT2D eigenvalue weighted by Gasteiger charge is -2.37. The maximum absolute atomic E-state index is 14.7. The summed E-state index contributed by atoms with van der Waals surface area (Å²) in [6.07, 6.45) is -0.0318. The molecule has 1 fully saturated rings. The molecule has 3 atom stereocenters. The maximum Gasteiger partial charge on any atom is 0.330 e. The number of esters is 1. The molecule has 1 aliphatic rings. The van der Waals surface area contributed by atoms with Gasteiger partial charge in [-0.3, -0.25) is 33.6 Å². The van der Waals surface area contributed by atoms with Gasteiger partial charge in [0.25, 0.3) is 5.56 Å². The van der Waals surface area contributed by atoms with Crippen LogP contribution in [0.25, 0.3) is 53.9 Å². The van der Waals surface area contributed by atoms with Crippen LogP contribution in [0.1, 0.15) is 52.7 Å². The summed E-state index contributed by atoms with van der Waals surface area (Å²) >= 11 is 0. The summed E-state index contributed by atoms with van der Waals surface area (Å²) in [7, 11) is 1.18. The largest absolute Gasteiger partial charge is 0.507 e. The molecule has 1 aromatic heterocycles. The van der Waals surface area contributed by atoms with Gasteiger partial charge in [-0.25, -0.2) is 4.79 Å². The number of hydrogen-bond acceptors (Lipinski definition) is 13. The van der Waals surface area contributed by atoms with Gasteiger partial charge < -0.3 is 39.6 Å². The Kier molecular flexibility index (Phi) is 9.25. The molecule has 2 amide bonds. The average molecular weight is 780 g/mol. The molecule has 16 nitrogen and oxygen atoms in total. The van der Waals surface area contributed by atoms with E-state index in [2.05, 4.69) is 5.32 Å². The van der Waals surface area contributed by atoms with Crippen molar-refractivity contribution in [1.82, 2.24) is 14.8 Å². The van der Waals surface area contributed by atoms with Gasteiger partial charge in [0.2, 0.25) is 17.2 Å². The van der Waals surface area contributed by atoms with E-state index in [1.807, 2.05) is 6.92 Å². The Hall–Kier alpha value is -6.84. The fraction of sp³-hybridized carbons (Fsp3) is 0.317. The molecule has 1 aliphatic heterocycles. The van der Waals surface area contributed by atoms with E-state index in [-0.39, 0.29) is 34.1 Å². The van der Waals surface area contributed by atoms with Gasteiger partial charge >= 0.3 is 5.97 Å². The lowest BCUT2D eigenvalue weighted by Crippen LogP contribution is -2.63. The van der Waals surface area contributed by atoms with Crippen molar-refractivity contribution in [2.24, 2.45) is 0 Å². The minimum atomic E-state index is -1.18. The third kappa shape index (κ3) is 5.65. The first-order chi connectivity index (χ1) is 26.9. The van der Waals surface area contributed by atoms with Crippen LogP contribution in [0.5, 0.6) is 23.0 Å². The summed E-state index contributed by atoms with van der Waals surface area (Å²) < 4.78 is 11.9. The third-order valence-electron chi connectivity index (χ3n) is 10.9. The Balaban J connectivity index is 1.53. The second kappa shape index (κ2) is 13.7. The predicted molar refractivity (Wildman–Crippen MR) is 210 cm³/mol. The molecule has 0 aliphatic carbocycles. The zero-order valence-corrected chi connectivity index (χ0v) is 31.6. The maximum atomic E-state index is 14.7. The van der Waals surface area contributed by atoms with Crippen LogP contribution in [-0.2, 0) is 25.7 Å². The highest BCUT2D eigenvalue weighted by Crippen LogP contribution is 2.46. The molecule has 2 heterocycles. The minimum Gasteiger partial charge on any atom is -0.507 e. The van der Waals surface area contributed by atoms with Crippen molar-refractivity contribution in [1.29, 1.82) is 0 Å². The van der Waals surface area contributed by atoms with Crippen LogP contribution in [0.2, 0.25) is 0 Å². The summed E-state index contributed by atoms with van der Waals surface area (Å²) in [5.74, 6) is -5.06. The van der Waals surface area contributed by atoms with Crippen molar-refractivity contribution in [2.75, 3.05) is 13.7 Å². The van der Waals surface area contributed by atoms with Gasteiger partial charge in [0.15, 0.2) is 16.3 Å². The van der Waals surface area contributed by atoms with E-state index in [1.165, 1.54) is 32.2 Å². The molecule has 6 aromatic rings. The van der Waals surface area contributed by atoms with Gasteiger partial charge in [0.1, 0.15) is 41.6 Å². The number of nitrogens with zero attached hydrogens (tertiary/aromatic N) is 2. The average Bonchev–Trinajstić information content (AvgIpc) is 3.17. The van der Waals surface area contributed by atoms with Crippen molar-refractivity contribution >= 4 is 71.6 Å². The molecule has 0 bridgehead atoms. The monoisotopic (exact) mass is 779 g/mol. The van der Waals surface area contributed by atoms with E-state index in [0.717, 1.165) is 21.6 Å². The normalized spacial score (nSPS) is 16.5. The summed E-state index contributed by atoms with van der Waals surface area (Å²) in [6, 6.07) is 3.63. The van der Waals surface area contributed by atoms with Crippen LogP contribution in [-0.4, -0.2) is 74.4 Å². The molecule has 0 spiro atoms. The van der Waals surface area contributed by atoms with E-state index < -0.39 is 131 Å². The number of rotatable bonds is 7. The number of aromatic nitrogens is 1. The molecule has 0 saturated carbocycles. The fourth-order valence-corrected chi connectivity index (χ4v) is 7.84. The number of piperazine rings is 1. The molecule has 1 saturated heterocycles. The molecular formula is C41H37N3O13. The number of hydrogen-bond donors (Lipinski definition) is 4. The SMILES string of the molecule is CCC(C)c1cc2c(O)c3ccc4c(OC)c5c(O)c6c(=O)ccc(=O)c6c(O)c5c(=O)c4c3c(=O)c2c(=O)n1CC(=O)N1CC(C(=O)OC(C)C)NC(=O)C1C. The fourth-order valence-electron chi connectivity index (χ4n) is 7.84. The third-order valence-corrected chi connectivity index (χ3v) is 10.9. The highest BCUT2D eigenvalue weighted by molar-refractivity contribution is 6.24. The van der Waals surface area contributed by atoms with Gasteiger partial charge in [-0.1, -0.05) is 13.8 Å². The Morgan fingerprint density at radius 2 is 1.37 bits per heavy atom. The van der Waals surface area contributed by atoms with Crippen LogP contribution in [0.15, 0.2) is 54.3 Å². The number of pyridine rings is 1. The van der Waals surface area contributed by atoms with Crippen molar-refractivity contribution in [3.05, 3.63) is 87.3 Å². The van der Waals surface area contributed by atoms with Crippen LogP contribution < -0.4 is 37.3 Å². The smallest absolute Gasteiger partial charge is 0.330 e. The van der Waals surface area contributed by atoms with Crippen LogP contribution in [0.4, 0.5) is 0 Å². The van der Waals surface area contributed by atoms with Gasteiger partial charge in [0, 0.05) is 32.6 Å². The molecule has 294 valence electrons. The van der Waals surface area contributed by atoms with Crippen LogP contribution in [0.3, 0.4) is 0 Å². The molecule has 3 unspecified atom stereocenters. The first-order valence-electron chi connectivity index (χ1n) is 18.2. The van der Waals surface area contributed by atoms with Crippen molar-refractivity contribution < 1.29 is 39.2 Å². The number of fused-ring (bicyclic) bond motifs is 6. The molecule has 5 aromatic carbocycles. The first-order valence-corrected chi connectivity index (χ1v) is 18.2. The summed E-state index contributed by atoms with van der Waals surface area (Å²) in [5, 5.41) is 32.9. The van der Waals surface area contributed by atoms with Crippen molar-refractivity contribution in [2.45, 2.75) is 71.7 Å². The molecule has 7 rings (SSSR count). The Bertz CT molecular complexity index is 3070. The summed E-state index contributed by atoms with van der Waals surface area (Å²) in [6.45, 7) is 7.39. The van der Waals surface area contributed by atoms with E-state index in [0.29, 0.717) is 6.42 Å². The lowest BCUT2D eigenvalue weighted by molar-refractivity contribution is -0.157. The second-order valence-electron chi connectivity index (χ2n) is 14.5. The number of benzene rings is 5. The first kappa shape index (κ1) is 38.4. The summed E-state index contributed by atoms with van der Waals surface area (Å²) in [5.41, 5.74) is -4.51. The number of phenolic OH excluding ortho intramolecular Hbond substituents is 3. The molecule has 16 heteroatoms. The molecular weight excluding hydrogens is 742 g/mol. The van der Waals surface area contributed by atoms with E-state index in [9.17, 15) is 53.7 Å². The number of aromatic hydroxyl groups is 3. The van der Waals surface area contributed by atoms with E-state index >= 15 is 0 Å². The standard InChI is InChI=1S/C41H37N3O13/c1-7-16(4)22-12-20-28(40(54)44(22)14-25(47)43-13-21(41(55)57-15(2)3)42-39(53)17(43)5)34(49)26-18(33(20)48)8-9-19-27(26)35(50)31-32(38(19)56-6)37(52)30-24(46)11-10-23(45)29(30)36(31)51/h8-12,15-17,21,48,51-52H,7,13-14H2,1-6H3,(H,42,53). The second-order valence-corrected chi connectivity index (χ2v) is 14.5. The van der Waals surface area contributed by atoms with Crippen LogP contribution >= 0.6 is 0 Å². The topological polar surface area (TPSA) is 236 Å². The van der Waals surface area contributed by atoms with Gasteiger partial charge in [0.05, 0.1) is 46.7 Å². The minimum absolute atomic E-state index is 0.0900. The number of methoxy groups -OCH3 is 1. The number of ether oxygens (including phenoxy) is 2. The van der Waals surface area contributed by atoms with Crippen LogP contribution in [0, 0.1) is 0 Å². The zero-order valence-electron chi connectivity index (χ0n) is 31.6. The molecule has 4 N–H and O–H groups in total. The summed E-state index contributed by atoms with van der Waals surface area (Å²) in [4.78, 5) is 110. The number of carbonyl (C=O) groups excluding carboxylic acids is 3. The number of amides is 2. The van der Waals surface area contributed by atoms with E-state index in [1.54, 1.807) is 20.8 Å². The predicted octanol–water partition coefficient (Wildman–Crippen LogP) is 2.24. The Morgan fingerprint density at radius 1 is 0.789 bits per heavy atom.